The molecule has 0 aromatic carbocycles. The van der Waals surface area contributed by atoms with Crippen molar-refractivity contribution < 1.29 is 19.8 Å². The van der Waals surface area contributed by atoms with Gasteiger partial charge in [-0.25, -0.2) is 0 Å². The van der Waals surface area contributed by atoms with Gasteiger partial charge in [0.1, 0.15) is 0 Å². The lowest BCUT2D eigenvalue weighted by Crippen LogP contribution is -2.37. The van der Waals surface area contributed by atoms with E-state index in [0.717, 1.165) is 0 Å². The Labute approximate surface area is 95.3 Å². The van der Waals surface area contributed by atoms with E-state index in [1.807, 2.05) is 13.8 Å². The summed E-state index contributed by atoms with van der Waals surface area (Å²) in [5.74, 6) is -2.62. The molecule has 0 bridgehead atoms. The Balaban J connectivity index is 5.02. The summed E-state index contributed by atoms with van der Waals surface area (Å²) in [6.45, 7) is 3.64. The largest absolute Gasteiger partial charge is 0.480 e. The number of carbonyl (C=O) groups is 2. The summed E-state index contributed by atoms with van der Waals surface area (Å²) in [5, 5.41) is 18.1. The van der Waals surface area contributed by atoms with Crippen molar-refractivity contribution in [2.75, 3.05) is 0 Å². The first-order valence-corrected chi connectivity index (χ1v) is 5.27. The molecular formula is C12H18O4. The second kappa shape index (κ2) is 6.82. The Kier molecular flexibility index (Phi) is 6.15. The molecule has 0 aromatic heterocycles. The van der Waals surface area contributed by atoms with Crippen LogP contribution in [0, 0.1) is 5.41 Å². The molecule has 0 aliphatic heterocycles. The number of hydrogen-bond acceptors (Lipinski definition) is 2. The van der Waals surface area contributed by atoms with Crippen molar-refractivity contribution >= 4 is 11.9 Å². The van der Waals surface area contributed by atoms with Crippen LogP contribution in [0.4, 0.5) is 0 Å². The minimum Gasteiger partial charge on any atom is -0.480 e. The van der Waals surface area contributed by atoms with Gasteiger partial charge in [0.05, 0.1) is 0 Å². The van der Waals surface area contributed by atoms with Crippen LogP contribution in [0.2, 0.25) is 0 Å². The molecule has 0 rings (SSSR count). The van der Waals surface area contributed by atoms with Gasteiger partial charge < -0.3 is 10.2 Å². The molecule has 2 N–H and O–H groups in total. The smallest absolute Gasteiger partial charge is 0.324 e. The van der Waals surface area contributed by atoms with Crippen LogP contribution in [0.5, 0.6) is 0 Å². The molecule has 0 fully saturated rings. The monoisotopic (exact) mass is 226 g/mol. The third kappa shape index (κ3) is 3.53. The number of rotatable bonds is 7. The molecule has 4 heteroatoms. The highest BCUT2D eigenvalue weighted by Gasteiger charge is 2.43. The lowest BCUT2D eigenvalue weighted by molar-refractivity contribution is -0.161. The summed E-state index contributed by atoms with van der Waals surface area (Å²) in [7, 11) is 0. The third-order valence-corrected chi connectivity index (χ3v) is 2.34. The number of allylic oxidation sites excluding steroid dienone is 3. The van der Waals surface area contributed by atoms with Gasteiger partial charge in [0.25, 0.3) is 0 Å². The van der Waals surface area contributed by atoms with Gasteiger partial charge in [0, 0.05) is 0 Å². The zero-order chi connectivity index (χ0) is 12.6. The first-order chi connectivity index (χ1) is 7.51. The molecule has 0 radical (unpaired) electrons. The summed E-state index contributed by atoms with van der Waals surface area (Å²) >= 11 is 0. The second-order valence-electron chi connectivity index (χ2n) is 3.50. The topological polar surface area (TPSA) is 74.6 Å². The molecule has 0 aromatic rings. The van der Waals surface area contributed by atoms with E-state index in [-0.39, 0.29) is 6.42 Å². The Morgan fingerprint density at radius 3 is 2.12 bits per heavy atom. The highest BCUT2D eigenvalue weighted by atomic mass is 16.4. The van der Waals surface area contributed by atoms with E-state index < -0.39 is 17.4 Å². The van der Waals surface area contributed by atoms with Gasteiger partial charge in [-0.1, -0.05) is 31.2 Å². The SMILES string of the molecule is CC=CCCC(C=CCC)(C(=O)O)C(=O)O. The maximum atomic E-state index is 11.1. The predicted molar refractivity (Wildman–Crippen MR) is 61.2 cm³/mol. The van der Waals surface area contributed by atoms with E-state index in [1.54, 1.807) is 18.2 Å². The third-order valence-electron chi connectivity index (χ3n) is 2.34. The van der Waals surface area contributed by atoms with Crippen LogP contribution in [0.25, 0.3) is 0 Å². The fourth-order valence-corrected chi connectivity index (χ4v) is 1.33. The van der Waals surface area contributed by atoms with Crippen LogP contribution in [0.1, 0.15) is 33.1 Å². The lowest BCUT2D eigenvalue weighted by Gasteiger charge is -2.20. The van der Waals surface area contributed by atoms with Crippen molar-refractivity contribution in [3.8, 4) is 0 Å². The summed E-state index contributed by atoms with van der Waals surface area (Å²) < 4.78 is 0. The first kappa shape index (κ1) is 14.4. The van der Waals surface area contributed by atoms with Crippen LogP contribution in [-0.4, -0.2) is 22.2 Å². The van der Waals surface area contributed by atoms with Gasteiger partial charge in [0.2, 0.25) is 0 Å². The Hall–Kier alpha value is -1.58. The van der Waals surface area contributed by atoms with Gasteiger partial charge in [-0.15, -0.1) is 0 Å². The molecule has 0 spiro atoms. The Bertz CT molecular complexity index is 288. The number of hydrogen-bond donors (Lipinski definition) is 2. The van der Waals surface area contributed by atoms with Gasteiger partial charge >= 0.3 is 11.9 Å². The van der Waals surface area contributed by atoms with Crippen molar-refractivity contribution in [2.24, 2.45) is 5.41 Å². The number of carboxylic acids is 2. The summed E-state index contributed by atoms with van der Waals surface area (Å²) in [6.07, 6.45) is 7.52. The zero-order valence-corrected chi connectivity index (χ0v) is 9.64. The molecule has 0 aliphatic carbocycles. The summed E-state index contributed by atoms with van der Waals surface area (Å²) in [4.78, 5) is 22.2. The van der Waals surface area contributed by atoms with Crippen LogP contribution in [0.15, 0.2) is 24.3 Å². The Morgan fingerprint density at radius 2 is 1.75 bits per heavy atom. The molecule has 0 heterocycles. The molecule has 0 aliphatic rings. The fourth-order valence-electron chi connectivity index (χ4n) is 1.33. The van der Waals surface area contributed by atoms with Crippen LogP contribution in [-0.2, 0) is 9.59 Å². The number of carboxylic acid groups (broad SMARTS) is 2. The van der Waals surface area contributed by atoms with Crippen molar-refractivity contribution in [1.29, 1.82) is 0 Å². The van der Waals surface area contributed by atoms with Crippen molar-refractivity contribution in [1.82, 2.24) is 0 Å². The highest BCUT2D eigenvalue weighted by Crippen LogP contribution is 2.27. The quantitative estimate of drug-likeness (QED) is 0.516. The van der Waals surface area contributed by atoms with E-state index in [9.17, 15) is 9.59 Å². The standard InChI is InChI=1S/C12H18O4/c1-3-5-7-9-12(10(13)14,11(15)16)8-6-4-2/h3,5-6,8H,4,7,9H2,1-2H3,(H,13,14)(H,15,16). The summed E-state index contributed by atoms with van der Waals surface area (Å²) in [6, 6.07) is 0. The minimum absolute atomic E-state index is 0.0680. The predicted octanol–water partition coefficient (Wildman–Crippen LogP) is 2.46. The molecule has 0 saturated carbocycles. The minimum atomic E-state index is -1.80. The molecule has 0 unspecified atom stereocenters. The molecule has 4 nitrogen and oxygen atoms in total. The van der Waals surface area contributed by atoms with Gasteiger partial charge in [0.15, 0.2) is 5.41 Å². The van der Waals surface area contributed by atoms with Crippen LogP contribution < -0.4 is 0 Å². The molecule has 0 saturated heterocycles. The van der Waals surface area contributed by atoms with Crippen molar-refractivity contribution in [3.63, 3.8) is 0 Å². The zero-order valence-electron chi connectivity index (χ0n) is 9.64. The fraction of sp³-hybridized carbons (Fsp3) is 0.500. The molecule has 0 amide bonds. The first-order valence-electron chi connectivity index (χ1n) is 5.27. The van der Waals surface area contributed by atoms with Gasteiger partial charge in [-0.05, 0) is 26.2 Å². The van der Waals surface area contributed by atoms with Gasteiger partial charge in [-0.2, -0.15) is 0 Å². The van der Waals surface area contributed by atoms with E-state index in [2.05, 4.69) is 0 Å². The maximum absolute atomic E-state index is 11.1. The van der Waals surface area contributed by atoms with Gasteiger partial charge in [-0.3, -0.25) is 9.59 Å². The average molecular weight is 226 g/mol. The Morgan fingerprint density at radius 1 is 1.19 bits per heavy atom. The van der Waals surface area contributed by atoms with E-state index in [0.29, 0.717) is 12.8 Å². The maximum Gasteiger partial charge on any atom is 0.324 e. The average Bonchev–Trinajstić information content (AvgIpc) is 2.22. The molecule has 90 valence electrons. The van der Waals surface area contributed by atoms with Crippen molar-refractivity contribution in [2.45, 2.75) is 33.1 Å². The molecule has 0 atom stereocenters. The van der Waals surface area contributed by atoms with E-state index in [4.69, 9.17) is 10.2 Å². The second-order valence-corrected chi connectivity index (χ2v) is 3.50. The summed E-state index contributed by atoms with van der Waals surface area (Å²) in [5.41, 5.74) is -1.80. The normalized spacial score (nSPS) is 12.4. The van der Waals surface area contributed by atoms with Crippen LogP contribution in [0.3, 0.4) is 0 Å². The molecular weight excluding hydrogens is 208 g/mol. The van der Waals surface area contributed by atoms with Crippen molar-refractivity contribution in [3.05, 3.63) is 24.3 Å². The van der Waals surface area contributed by atoms with E-state index >= 15 is 0 Å². The highest BCUT2D eigenvalue weighted by molar-refractivity contribution is 6.00. The lowest BCUT2D eigenvalue weighted by atomic mass is 9.82. The molecule has 16 heavy (non-hydrogen) atoms. The van der Waals surface area contributed by atoms with E-state index in [1.165, 1.54) is 6.08 Å². The van der Waals surface area contributed by atoms with Crippen LogP contribution >= 0.6 is 0 Å². The number of aliphatic carboxylic acids is 2.